The van der Waals surface area contributed by atoms with Crippen LogP contribution in [0, 0.1) is 11.3 Å². The quantitative estimate of drug-likeness (QED) is 0.289. The highest BCUT2D eigenvalue weighted by molar-refractivity contribution is 6.34. The predicted octanol–water partition coefficient (Wildman–Crippen LogP) is 3.61. The van der Waals surface area contributed by atoms with E-state index in [1.54, 1.807) is 0 Å². The average Bonchev–Trinajstić information content (AvgIpc) is 2.60. The Hall–Kier alpha value is -1.83. The van der Waals surface area contributed by atoms with E-state index >= 15 is 0 Å². The molecule has 24 heavy (non-hydrogen) atoms. The molecule has 0 aliphatic carbocycles. The number of nitrogens with one attached hydrogen (secondary N) is 2. The van der Waals surface area contributed by atoms with E-state index in [9.17, 15) is 9.59 Å². The van der Waals surface area contributed by atoms with Crippen molar-refractivity contribution in [1.82, 2.24) is 10.6 Å². The third kappa shape index (κ3) is 15.1. The average molecular weight is 335 g/mol. The van der Waals surface area contributed by atoms with Crippen LogP contribution >= 0.6 is 0 Å². The zero-order valence-electron chi connectivity index (χ0n) is 15.1. The molecule has 5 nitrogen and oxygen atoms in total. The van der Waals surface area contributed by atoms with Crippen molar-refractivity contribution in [2.75, 3.05) is 13.6 Å². The lowest BCUT2D eigenvalue weighted by Crippen LogP contribution is -2.38. The normalized spacial score (nSPS) is 10.5. The number of unbranched alkanes of at least 4 members (excludes halogenated alkanes) is 10. The Morgan fingerprint density at radius 1 is 0.833 bits per heavy atom. The molecule has 0 aromatic rings. The number of nitrogens with zero attached hydrogens (tertiary/aromatic N) is 1. The molecule has 2 amide bonds. The van der Waals surface area contributed by atoms with Gasteiger partial charge in [0.2, 0.25) is 0 Å². The summed E-state index contributed by atoms with van der Waals surface area (Å²) in [6.45, 7) is 0.550. The van der Waals surface area contributed by atoms with Crippen LogP contribution in [0.3, 0.4) is 0 Å². The first-order chi connectivity index (χ1) is 11.7. The number of carbonyl (C=O) groups is 2. The lowest BCUT2D eigenvalue weighted by molar-refractivity contribution is -0.138. The van der Waals surface area contributed by atoms with Gasteiger partial charge in [-0.15, -0.1) is 0 Å². The summed E-state index contributed by atoms with van der Waals surface area (Å²) in [5, 5.41) is 13.3. The summed E-state index contributed by atoms with van der Waals surface area (Å²) in [6, 6.07) is 2.18. The van der Waals surface area contributed by atoms with Crippen molar-refractivity contribution in [2.45, 2.75) is 77.0 Å². The largest absolute Gasteiger partial charge is 0.351 e. The first-order valence-electron chi connectivity index (χ1n) is 9.24. The van der Waals surface area contributed by atoms with Gasteiger partial charge in [-0.1, -0.05) is 44.3 Å². The highest BCUT2D eigenvalue weighted by atomic mass is 16.2. The fourth-order valence-corrected chi connectivity index (χ4v) is 2.37. The van der Waals surface area contributed by atoms with Gasteiger partial charge in [-0.2, -0.15) is 5.26 Å². The van der Waals surface area contributed by atoms with Gasteiger partial charge in [0.05, 0.1) is 6.07 Å². The van der Waals surface area contributed by atoms with Crippen LogP contribution in [-0.2, 0) is 9.59 Å². The number of hydrogen-bond donors (Lipinski definition) is 2. The molecule has 0 heterocycles. The van der Waals surface area contributed by atoms with E-state index in [1.165, 1.54) is 45.6 Å². The Bertz CT molecular complexity index is 400. The minimum atomic E-state index is -0.586. The van der Waals surface area contributed by atoms with Gasteiger partial charge in [0, 0.05) is 20.0 Å². The molecule has 0 saturated carbocycles. The van der Waals surface area contributed by atoms with E-state index in [1.807, 2.05) is 0 Å². The molecule has 0 rings (SSSR count). The van der Waals surface area contributed by atoms with Gasteiger partial charge in [0.25, 0.3) is 0 Å². The summed E-state index contributed by atoms with van der Waals surface area (Å²) in [5.74, 6) is -1.14. The Labute approximate surface area is 146 Å². The molecule has 0 bridgehead atoms. The molecular weight excluding hydrogens is 302 g/mol. The van der Waals surface area contributed by atoms with Crippen LogP contribution in [0.4, 0.5) is 0 Å². The van der Waals surface area contributed by atoms with Gasteiger partial charge in [-0.25, -0.2) is 0 Å². The van der Waals surface area contributed by atoms with Crippen LogP contribution in [0.15, 0.2) is 12.2 Å². The number of nitriles is 1. The smallest absolute Gasteiger partial charge is 0.309 e. The molecule has 0 aliphatic heterocycles. The van der Waals surface area contributed by atoms with Crippen molar-refractivity contribution in [3.05, 3.63) is 12.2 Å². The van der Waals surface area contributed by atoms with Gasteiger partial charge in [0.1, 0.15) is 0 Å². The maximum atomic E-state index is 11.2. The van der Waals surface area contributed by atoms with Crippen molar-refractivity contribution in [1.29, 1.82) is 5.26 Å². The van der Waals surface area contributed by atoms with Crippen LogP contribution in [-0.4, -0.2) is 25.4 Å². The van der Waals surface area contributed by atoms with E-state index in [2.05, 4.69) is 28.9 Å². The van der Waals surface area contributed by atoms with E-state index in [0.29, 0.717) is 13.0 Å². The number of rotatable bonds is 14. The second kappa shape index (κ2) is 17.5. The summed E-state index contributed by atoms with van der Waals surface area (Å²) in [4.78, 5) is 22.1. The number of allylic oxidation sites excluding steroid dienone is 2. The maximum Gasteiger partial charge on any atom is 0.309 e. The van der Waals surface area contributed by atoms with Crippen molar-refractivity contribution in [3.8, 4) is 6.07 Å². The molecule has 0 fully saturated rings. The molecule has 0 saturated heterocycles. The number of carbonyl (C=O) groups excluding carboxylic acids is 2. The minimum Gasteiger partial charge on any atom is -0.351 e. The molecule has 0 spiro atoms. The zero-order valence-corrected chi connectivity index (χ0v) is 15.1. The van der Waals surface area contributed by atoms with Gasteiger partial charge < -0.3 is 10.6 Å². The highest BCUT2D eigenvalue weighted by Gasteiger charge is 2.08. The number of amides is 2. The zero-order chi connectivity index (χ0) is 17.9. The SMILES string of the molecule is CNC(=O)C(=O)NCCCCC=CCCCCCCCCCC#N. The summed E-state index contributed by atoms with van der Waals surface area (Å²) in [5.41, 5.74) is 0. The van der Waals surface area contributed by atoms with Gasteiger partial charge >= 0.3 is 11.8 Å². The van der Waals surface area contributed by atoms with Gasteiger partial charge in [-0.05, 0) is 38.5 Å². The Morgan fingerprint density at radius 2 is 1.38 bits per heavy atom. The third-order valence-corrected chi connectivity index (χ3v) is 3.84. The molecule has 136 valence electrons. The Balaban J connectivity index is 3.23. The van der Waals surface area contributed by atoms with Crippen molar-refractivity contribution < 1.29 is 9.59 Å². The van der Waals surface area contributed by atoms with Crippen LogP contribution in [0.25, 0.3) is 0 Å². The molecular formula is C19H33N3O2. The molecule has 0 aromatic heterocycles. The lowest BCUT2D eigenvalue weighted by Gasteiger charge is -2.02. The fourth-order valence-electron chi connectivity index (χ4n) is 2.37. The van der Waals surface area contributed by atoms with Crippen LogP contribution in [0.1, 0.15) is 77.0 Å². The first kappa shape index (κ1) is 22.2. The predicted molar refractivity (Wildman–Crippen MR) is 97.2 cm³/mol. The second-order valence-corrected chi connectivity index (χ2v) is 5.97. The van der Waals surface area contributed by atoms with Crippen molar-refractivity contribution in [3.63, 3.8) is 0 Å². The highest BCUT2D eigenvalue weighted by Crippen LogP contribution is 2.10. The number of likely N-dealkylation sites (N-methyl/N-ethyl adjacent to an activating group) is 1. The standard InChI is InChI=1S/C19H33N3O2/c1-21-18(23)19(24)22-17-15-13-11-9-7-5-3-2-4-6-8-10-12-14-16-20/h7,9H,2-6,8,10-15,17H2,1H3,(H,21,23)(H,22,24). The summed E-state index contributed by atoms with van der Waals surface area (Å²) in [6.07, 6.45) is 17.8. The molecule has 0 aromatic carbocycles. The molecule has 5 heteroatoms. The molecule has 0 unspecified atom stereocenters. The lowest BCUT2D eigenvalue weighted by atomic mass is 10.1. The van der Waals surface area contributed by atoms with Crippen molar-refractivity contribution in [2.24, 2.45) is 0 Å². The molecule has 2 N–H and O–H groups in total. The minimum absolute atomic E-state index is 0.550. The summed E-state index contributed by atoms with van der Waals surface area (Å²) in [7, 11) is 1.45. The Morgan fingerprint density at radius 3 is 1.96 bits per heavy atom. The third-order valence-electron chi connectivity index (χ3n) is 3.84. The van der Waals surface area contributed by atoms with E-state index in [4.69, 9.17) is 5.26 Å². The summed E-state index contributed by atoms with van der Waals surface area (Å²) >= 11 is 0. The van der Waals surface area contributed by atoms with Crippen LogP contribution < -0.4 is 10.6 Å². The van der Waals surface area contributed by atoms with E-state index in [-0.39, 0.29) is 0 Å². The molecule has 0 radical (unpaired) electrons. The van der Waals surface area contributed by atoms with Crippen molar-refractivity contribution >= 4 is 11.8 Å². The van der Waals surface area contributed by atoms with Crippen LogP contribution in [0.5, 0.6) is 0 Å². The molecule has 0 aliphatic rings. The monoisotopic (exact) mass is 335 g/mol. The number of hydrogen-bond acceptors (Lipinski definition) is 3. The second-order valence-electron chi connectivity index (χ2n) is 5.97. The fraction of sp³-hybridized carbons (Fsp3) is 0.737. The van der Waals surface area contributed by atoms with Crippen LogP contribution in [0.2, 0.25) is 0 Å². The van der Waals surface area contributed by atoms with Gasteiger partial charge in [0.15, 0.2) is 0 Å². The maximum absolute atomic E-state index is 11.2. The Kier molecular flexibility index (Phi) is 16.2. The first-order valence-corrected chi connectivity index (χ1v) is 9.24. The topological polar surface area (TPSA) is 82.0 Å². The summed E-state index contributed by atoms with van der Waals surface area (Å²) < 4.78 is 0. The van der Waals surface area contributed by atoms with Gasteiger partial charge in [-0.3, -0.25) is 9.59 Å². The molecule has 0 atom stereocenters. The van der Waals surface area contributed by atoms with E-state index in [0.717, 1.165) is 32.1 Å². The van der Waals surface area contributed by atoms with E-state index < -0.39 is 11.8 Å².